The highest BCUT2D eigenvalue weighted by atomic mass is 16.5. The van der Waals surface area contributed by atoms with Crippen LogP contribution < -0.4 is 5.32 Å². The Balaban J connectivity index is 2.45. The molecule has 0 aliphatic carbocycles. The zero-order valence-corrected chi connectivity index (χ0v) is 11.5. The summed E-state index contributed by atoms with van der Waals surface area (Å²) in [5.74, 6) is -0.114. The van der Waals surface area contributed by atoms with Crippen LogP contribution in [0.3, 0.4) is 0 Å². The van der Waals surface area contributed by atoms with E-state index in [2.05, 4.69) is 18.3 Å². The van der Waals surface area contributed by atoms with Crippen LogP contribution in [0, 0.1) is 16.7 Å². The van der Waals surface area contributed by atoms with Gasteiger partial charge in [0.1, 0.15) is 5.41 Å². The molecule has 0 spiro atoms. The highest BCUT2D eigenvalue weighted by Crippen LogP contribution is 2.30. The topological polar surface area (TPSA) is 62.1 Å². The third-order valence-electron chi connectivity index (χ3n) is 3.61. The molecule has 1 heterocycles. The molecule has 102 valence electrons. The predicted molar refractivity (Wildman–Crippen MR) is 69.8 cm³/mol. The van der Waals surface area contributed by atoms with Gasteiger partial charge in [-0.15, -0.1) is 0 Å². The van der Waals surface area contributed by atoms with Gasteiger partial charge < -0.3 is 10.1 Å². The van der Waals surface area contributed by atoms with Crippen molar-refractivity contribution in [3.05, 3.63) is 0 Å². The zero-order chi connectivity index (χ0) is 13.4. The van der Waals surface area contributed by atoms with Gasteiger partial charge in [-0.1, -0.05) is 26.2 Å². The lowest BCUT2D eigenvalue weighted by molar-refractivity contribution is -0.133. The summed E-state index contributed by atoms with van der Waals surface area (Å²) in [5.41, 5.74) is -0.864. The molecule has 1 aliphatic rings. The summed E-state index contributed by atoms with van der Waals surface area (Å²) in [6, 6.07) is 2.35. The third-order valence-corrected chi connectivity index (χ3v) is 3.61. The number of nitrogens with one attached hydrogen (secondary N) is 1. The van der Waals surface area contributed by atoms with Crippen LogP contribution in [0.4, 0.5) is 0 Å². The number of ether oxygens (including phenoxy) is 1. The van der Waals surface area contributed by atoms with Gasteiger partial charge in [0.15, 0.2) is 0 Å². The van der Waals surface area contributed by atoms with E-state index in [9.17, 15) is 10.1 Å². The fourth-order valence-electron chi connectivity index (χ4n) is 2.24. The molecular weight excluding hydrogens is 228 g/mol. The number of amides is 1. The maximum Gasteiger partial charge on any atom is 0.240 e. The van der Waals surface area contributed by atoms with Crippen LogP contribution in [0.15, 0.2) is 0 Å². The Kier molecular flexibility index (Phi) is 6.14. The first-order valence-electron chi connectivity index (χ1n) is 6.94. The fraction of sp³-hybridized carbons (Fsp3) is 0.857. The molecule has 0 radical (unpaired) electrons. The Hall–Kier alpha value is -1.08. The maximum atomic E-state index is 12.2. The third kappa shape index (κ3) is 3.99. The summed E-state index contributed by atoms with van der Waals surface area (Å²) in [4.78, 5) is 12.2. The minimum absolute atomic E-state index is 0.114. The lowest BCUT2D eigenvalue weighted by Gasteiger charge is -2.30. The normalized spacial score (nSPS) is 19.8. The number of hydrogen-bond donors (Lipinski definition) is 1. The molecule has 0 aromatic carbocycles. The fourth-order valence-corrected chi connectivity index (χ4v) is 2.24. The first kappa shape index (κ1) is 15.0. The molecule has 0 bridgehead atoms. The molecule has 0 aromatic rings. The average Bonchev–Trinajstić information content (AvgIpc) is 2.39. The summed E-state index contributed by atoms with van der Waals surface area (Å²) >= 11 is 0. The average molecular weight is 252 g/mol. The van der Waals surface area contributed by atoms with Crippen molar-refractivity contribution in [3.8, 4) is 6.07 Å². The molecule has 18 heavy (non-hydrogen) atoms. The molecule has 1 atom stereocenters. The van der Waals surface area contributed by atoms with Crippen molar-refractivity contribution in [2.45, 2.75) is 58.4 Å². The summed E-state index contributed by atoms with van der Waals surface area (Å²) < 4.78 is 5.23. The molecule has 1 unspecified atom stereocenters. The minimum Gasteiger partial charge on any atom is -0.381 e. The van der Waals surface area contributed by atoms with Crippen LogP contribution in [0.1, 0.15) is 52.4 Å². The lowest BCUT2D eigenvalue weighted by Crippen LogP contribution is -2.46. The van der Waals surface area contributed by atoms with Crippen molar-refractivity contribution in [1.29, 1.82) is 5.26 Å². The van der Waals surface area contributed by atoms with Crippen LogP contribution in [0.5, 0.6) is 0 Å². The molecule has 1 rings (SSSR count). The Labute approximate surface area is 110 Å². The Morgan fingerprint density at radius 3 is 2.67 bits per heavy atom. The van der Waals surface area contributed by atoms with E-state index in [1.165, 1.54) is 12.8 Å². The van der Waals surface area contributed by atoms with Crippen LogP contribution in [-0.2, 0) is 9.53 Å². The van der Waals surface area contributed by atoms with Gasteiger partial charge in [-0.25, -0.2) is 0 Å². The number of unbranched alkanes of at least 4 members (excludes halogenated alkanes) is 2. The van der Waals surface area contributed by atoms with E-state index in [1.54, 1.807) is 0 Å². The second-order valence-corrected chi connectivity index (χ2v) is 5.18. The maximum absolute atomic E-state index is 12.2. The SMILES string of the molecule is CCCCCC(C)NC(=O)C1(C#N)CCOCC1. The molecule has 0 saturated carbocycles. The summed E-state index contributed by atoms with van der Waals surface area (Å²) in [6.45, 7) is 5.18. The van der Waals surface area contributed by atoms with Crippen molar-refractivity contribution < 1.29 is 9.53 Å². The van der Waals surface area contributed by atoms with Gasteiger partial charge in [0.2, 0.25) is 5.91 Å². The van der Waals surface area contributed by atoms with Gasteiger partial charge in [-0.2, -0.15) is 5.26 Å². The molecule has 1 amide bonds. The largest absolute Gasteiger partial charge is 0.381 e. The molecule has 1 N–H and O–H groups in total. The summed E-state index contributed by atoms with van der Waals surface area (Å²) in [7, 11) is 0. The zero-order valence-electron chi connectivity index (χ0n) is 11.5. The van der Waals surface area contributed by atoms with Gasteiger partial charge >= 0.3 is 0 Å². The van der Waals surface area contributed by atoms with Crippen molar-refractivity contribution in [3.63, 3.8) is 0 Å². The monoisotopic (exact) mass is 252 g/mol. The molecule has 1 saturated heterocycles. The van der Waals surface area contributed by atoms with E-state index in [0.29, 0.717) is 26.1 Å². The van der Waals surface area contributed by atoms with Crippen molar-refractivity contribution in [1.82, 2.24) is 5.32 Å². The lowest BCUT2D eigenvalue weighted by atomic mass is 9.80. The van der Waals surface area contributed by atoms with Crippen molar-refractivity contribution in [2.75, 3.05) is 13.2 Å². The van der Waals surface area contributed by atoms with Crippen LogP contribution >= 0.6 is 0 Å². The quantitative estimate of drug-likeness (QED) is 0.738. The van der Waals surface area contributed by atoms with Crippen LogP contribution in [0.2, 0.25) is 0 Å². The number of carbonyl (C=O) groups excluding carboxylic acids is 1. The second kappa shape index (κ2) is 7.38. The standard InChI is InChI=1S/C14H24N2O2/c1-3-4-5-6-12(2)16-13(17)14(11-15)7-9-18-10-8-14/h12H,3-10H2,1-2H3,(H,16,17). The van der Waals surface area contributed by atoms with Gasteiger partial charge in [-0.3, -0.25) is 4.79 Å². The van der Waals surface area contributed by atoms with Crippen molar-refractivity contribution >= 4 is 5.91 Å². The van der Waals surface area contributed by atoms with E-state index in [0.717, 1.165) is 12.8 Å². The van der Waals surface area contributed by atoms with Crippen LogP contribution in [0.25, 0.3) is 0 Å². The molecular formula is C14H24N2O2. The highest BCUT2D eigenvalue weighted by Gasteiger charge is 2.40. The van der Waals surface area contributed by atoms with E-state index in [-0.39, 0.29) is 11.9 Å². The van der Waals surface area contributed by atoms with E-state index in [4.69, 9.17) is 4.74 Å². The van der Waals surface area contributed by atoms with Gasteiger partial charge in [0.05, 0.1) is 6.07 Å². The van der Waals surface area contributed by atoms with Gasteiger partial charge in [0.25, 0.3) is 0 Å². The van der Waals surface area contributed by atoms with E-state index >= 15 is 0 Å². The van der Waals surface area contributed by atoms with E-state index in [1.807, 2.05) is 6.92 Å². The molecule has 4 heteroatoms. The predicted octanol–water partition coefficient (Wildman–Crippen LogP) is 2.39. The Morgan fingerprint density at radius 1 is 1.44 bits per heavy atom. The number of hydrogen-bond acceptors (Lipinski definition) is 3. The summed E-state index contributed by atoms with van der Waals surface area (Å²) in [6.07, 6.45) is 5.50. The number of rotatable bonds is 6. The first-order valence-corrected chi connectivity index (χ1v) is 6.94. The number of carbonyl (C=O) groups is 1. The second-order valence-electron chi connectivity index (χ2n) is 5.18. The van der Waals surface area contributed by atoms with Gasteiger partial charge in [-0.05, 0) is 26.2 Å². The molecule has 0 aromatic heterocycles. The van der Waals surface area contributed by atoms with Gasteiger partial charge in [0, 0.05) is 19.3 Å². The molecule has 1 fully saturated rings. The molecule has 4 nitrogen and oxygen atoms in total. The smallest absolute Gasteiger partial charge is 0.240 e. The van der Waals surface area contributed by atoms with E-state index < -0.39 is 5.41 Å². The number of nitriles is 1. The Bertz CT molecular complexity index is 303. The molecule has 1 aliphatic heterocycles. The van der Waals surface area contributed by atoms with Crippen LogP contribution in [-0.4, -0.2) is 25.2 Å². The first-order chi connectivity index (χ1) is 8.64. The number of nitrogens with zero attached hydrogens (tertiary/aromatic N) is 1. The highest BCUT2D eigenvalue weighted by molar-refractivity contribution is 5.85. The summed E-state index contributed by atoms with van der Waals surface area (Å²) in [5, 5.41) is 12.3. The minimum atomic E-state index is -0.864. The Morgan fingerprint density at radius 2 is 2.11 bits per heavy atom. The van der Waals surface area contributed by atoms with Crippen molar-refractivity contribution in [2.24, 2.45) is 5.41 Å².